The summed E-state index contributed by atoms with van der Waals surface area (Å²) in [6.07, 6.45) is 0.968. The lowest BCUT2D eigenvalue weighted by Gasteiger charge is -2.12. The second-order valence-electron chi connectivity index (χ2n) is 4.74. The van der Waals surface area contributed by atoms with Gasteiger partial charge in [-0.2, -0.15) is 5.10 Å². The van der Waals surface area contributed by atoms with E-state index in [1.807, 2.05) is 42.5 Å². The van der Waals surface area contributed by atoms with Gasteiger partial charge in [0.05, 0.1) is 27.0 Å². The standard InChI is InChI=1S/C18H20N2O4/c1-4-24-18(21)20-19-12-13-7-5-6-8-15(13)16-11-14(22-2)9-10-17(16)23-3/h5-12H,4H2,1-3H3,(H,20,21). The Morgan fingerprint density at radius 1 is 1.12 bits per heavy atom. The molecule has 0 saturated carbocycles. The van der Waals surface area contributed by atoms with Crippen molar-refractivity contribution in [2.24, 2.45) is 5.10 Å². The molecule has 0 heterocycles. The van der Waals surface area contributed by atoms with E-state index >= 15 is 0 Å². The van der Waals surface area contributed by atoms with Crippen molar-refractivity contribution >= 4 is 12.3 Å². The third-order valence-corrected chi connectivity index (χ3v) is 3.29. The number of methoxy groups -OCH3 is 2. The maximum absolute atomic E-state index is 11.3. The van der Waals surface area contributed by atoms with Crippen LogP contribution < -0.4 is 14.9 Å². The van der Waals surface area contributed by atoms with E-state index in [1.165, 1.54) is 0 Å². The molecule has 0 radical (unpaired) electrons. The highest BCUT2D eigenvalue weighted by atomic mass is 16.5. The van der Waals surface area contributed by atoms with E-state index in [4.69, 9.17) is 14.2 Å². The van der Waals surface area contributed by atoms with Gasteiger partial charge in [0.1, 0.15) is 11.5 Å². The summed E-state index contributed by atoms with van der Waals surface area (Å²) >= 11 is 0. The fourth-order valence-corrected chi connectivity index (χ4v) is 2.20. The van der Waals surface area contributed by atoms with Gasteiger partial charge in [-0.25, -0.2) is 10.2 Å². The molecule has 2 rings (SSSR count). The Bertz CT molecular complexity index is 729. The second-order valence-corrected chi connectivity index (χ2v) is 4.74. The topological polar surface area (TPSA) is 69.2 Å². The minimum atomic E-state index is -0.592. The predicted molar refractivity (Wildman–Crippen MR) is 92.7 cm³/mol. The molecule has 2 aromatic carbocycles. The number of amides is 1. The first kappa shape index (κ1) is 17.3. The average Bonchev–Trinajstić information content (AvgIpc) is 2.62. The molecule has 6 heteroatoms. The van der Waals surface area contributed by atoms with Crippen molar-refractivity contribution in [3.8, 4) is 22.6 Å². The number of hydrazone groups is 1. The molecule has 126 valence electrons. The van der Waals surface area contributed by atoms with Crippen molar-refractivity contribution in [1.29, 1.82) is 0 Å². The van der Waals surface area contributed by atoms with Gasteiger partial charge < -0.3 is 14.2 Å². The summed E-state index contributed by atoms with van der Waals surface area (Å²) in [4.78, 5) is 11.3. The smallest absolute Gasteiger partial charge is 0.427 e. The van der Waals surface area contributed by atoms with Crippen LogP contribution in [-0.2, 0) is 4.74 Å². The van der Waals surface area contributed by atoms with Crippen molar-refractivity contribution in [2.75, 3.05) is 20.8 Å². The Balaban J connectivity index is 2.35. The zero-order valence-corrected chi connectivity index (χ0v) is 13.9. The minimum absolute atomic E-state index is 0.291. The number of ether oxygens (including phenoxy) is 3. The lowest BCUT2D eigenvalue weighted by Crippen LogP contribution is -2.18. The Morgan fingerprint density at radius 3 is 2.62 bits per heavy atom. The summed E-state index contributed by atoms with van der Waals surface area (Å²) in [6.45, 7) is 2.02. The van der Waals surface area contributed by atoms with Crippen molar-refractivity contribution in [3.05, 3.63) is 48.0 Å². The van der Waals surface area contributed by atoms with Gasteiger partial charge in [0.25, 0.3) is 0 Å². The summed E-state index contributed by atoms with van der Waals surface area (Å²) < 4.78 is 15.5. The van der Waals surface area contributed by atoms with E-state index in [0.29, 0.717) is 6.61 Å². The molecule has 0 fully saturated rings. The maximum atomic E-state index is 11.3. The normalized spacial score (nSPS) is 10.5. The number of hydrogen-bond donors (Lipinski definition) is 1. The number of nitrogens with one attached hydrogen (secondary N) is 1. The summed E-state index contributed by atoms with van der Waals surface area (Å²) in [5, 5.41) is 3.92. The van der Waals surface area contributed by atoms with Crippen LogP contribution in [0.3, 0.4) is 0 Å². The zero-order valence-electron chi connectivity index (χ0n) is 13.9. The van der Waals surface area contributed by atoms with Crippen molar-refractivity contribution in [1.82, 2.24) is 5.43 Å². The van der Waals surface area contributed by atoms with Crippen LogP contribution in [0.25, 0.3) is 11.1 Å². The third kappa shape index (κ3) is 4.25. The van der Waals surface area contributed by atoms with Gasteiger partial charge in [-0.3, -0.25) is 0 Å². The van der Waals surface area contributed by atoms with E-state index in [2.05, 4.69) is 10.5 Å². The second kappa shape index (κ2) is 8.57. The number of hydrogen-bond acceptors (Lipinski definition) is 5. The van der Waals surface area contributed by atoms with Gasteiger partial charge in [0.15, 0.2) is 0 Å². The van der Waals surface area contributed by atoms with Crippen LogP contribution in [0.4, 0.5) is 4.79 Å². The van der Waals surface area contributed by atoms with Crippen LogP contribution in [-0.4, -0.2) is 33.1 Å². The number of carbonyl (C=O) groups is 1. The van der Waals surface area contributed by atoms with Crippen molar-refractivity contribution < 1.29 is 19.0 Å². The van der Waals surface area contributed by atoms with E-state index in [0.717, 1.165) is 28.2 Å². The van der Waals surface area contributed by atoms with Crippen LogP contribution in [0.1, 0.15) is 12.5 Å². The fourth-order valence-electron chi connectivity index (χ4n) is 2.20. The van der Waals surface area contributed by atoms with Gasteiger partial charge in [-0.1, -0.05) is 24.3 Å². The van der Waals surface area contributed by atoms with Crippen LogP contribution in [0.2, 0.25) is 0 Å². The first-order chi connectivity index (χ1) is 11.7. The lowest BCUT2D eigenvalue weighted by atomic mass is 9.99. The van der Waals surface area contributed by atoms with E-state index in [9.17, 15) is 4.79 Å². The summed E-state index contributed by atoms with van der Waals surface area (Å²) in [7, 11) is 3.23. The predicted octanol–water partition coefficient (Wildman–Crippen LogP) is 3.45. The Morgan fingerprint density at radius 2 is 1.92 bits per heavy atom. The molecule has 0 saturated heterocycles. The summed E-state index contributed by atoms with van der Waals surface area (Å²) in [6, 6.07) is 13.2. The average molecular weight is 328 g/mol. The first-order valence-electron chi connectivity index (χ1n) is 7.46. The number of rotatable bonds is 6. The minimum Gasteiger partial charge on any atom is -0.497 e. The highest BCUT2D eigenvalue weighted by molar-refractivity contribution is 5.92. The van der Waals surface area contributed by atoms with Crippen LogP contribution >= 0.6 is 0 Å². The Kier molecular flexibility index (Phi) is 6.19. The molecule has 0 spiro atoms. The highest BCUT2D eigenvalue weighted by Crippen LogP contribution is 2.34. The molecule has 1 N–H and O–H groups in total. The highest BCUT2D eigenvalue weighted by Gasteiger charge is 2.10. The lowest BCUT2D eigenvalue weighted by molar-refractivity contribution is 0.152. The Labute approximate surface area is 141 Å². The number of benzene rings is 2. The summed E-state index contributed by atoms with van der Waals surface area (Å²) in [5.41, 5.74) is 4.91. The van der Waals surface area contributed by atoms with Crippen LogP contribution in [0.15, 0.2) is 47.6 Å². The van der Waals surface area contributed by atoms with Gasteiger partial charge >= 0.3 is 6.09 Å². The maximum Gasteiger partial charge on any atom is 0.427 e. The first-order valence-corrected chi connectivity index (χ1v) is 7.46. The molecule has 0 aromatic heterocycles. The van der Waals surface area contributed by atoms with Crippen LogP contribution in [0, 0.1) is 0 Å². The molecule has 0 unspecified atom stereocenters. The van der Waals surface area contributed by atoms with E-state index < -0.39 is 6.09 Å². The zero-order chi connectivity index (χ0) is 17.4. The van der Waals surface area contributed by atoms with Gasteiger partial charge in [-0.15, -0.1) is 0 Å². The molecule has 0 aliphatic carbocycles. The number of nitrogens with zero attached hydrogens (tertiary/aromatic N) is 1. The molecule has 0 atom stereocenters. The summed E-state index contributed by atoms with van der Waals surface area (Å²) in [5.74, 6) is 1.44. The van der Waals surface area contributed by atoms with Crippen molar-refractivity contribution in [3.63, 3.8) is 0 Å². The largest absolute Gasteiger partial charge is 0.497 e. The van der Waals surface area contributed by atoms with Gasteiger partial charge in [-0.05, 0) is 30.7 Å². The molecule has 0 aliphatic heterocycles. The van der Waals surface area contributed by atoms with Crippen LogP contribution in [0.5, 0.6) is 11.5 Å². The fraction of sp³-hybridized carbons (Fsp3) is 0.222. The molecular formula is C18H20N2O4. The number of carbonyl (C=O) groups excluding carboxylic acids is 1. The molecule has 2 aromatic rings. The van der Waals surface area contributed by atoms with E-state index in [-0.39, 0.29) is 0 Å². The molecule has 24 heavy (non-hydrogen) atoms. The SMILES string of the molecule is CCOC(=O)NN=Cc1ccccc1-c1cc(OC)ccc1OC. The molecule has 6 nitrogen and oxygen atoms in total. The van der Waals surface area contributed by atoms with Gasteiger partial charge in [0.2, 0.25) is 0 Å². The third-order valence-electron chi connectivity index (χ3n) is 3.29. The quantitative estimate of drug-likeness (QED) is 0.651. The monoisotopic (exact) mass is 328 g/mol. The molecule has 1 amide bonds. The molecular weight excluding hydrogens is 308 g/mol. The van der Waals surface area contributed by atoms with E-state index in [1.54, 1.807) is 27.4 Å². The van der Waals surface area contributed by atoms with Gasteiger partial charge in [0, 0.05) is 11.1 Å². The Hall–Kier alpha value is -3.02. The van der Waals surface area contributed by atoms with Crippen molar-refractivity contribution in [2.45, 2.75) is 6.92 Å². The molecule has 0 aliphatic rings. The molecule has 0 bridgehead atoms.